The predicted molar refractivity (Wildman–Crippen MR) is 159 cm³/mol. The Hall–Kier alpha value is -3.85. The second-order valence-electron chi connectivity index (χ2n) is 9.64. The minimum atomic E-state index is -3.54. The highest BCUT2D eigenvalue weighted by Gasteiger charge is 2.30. The number of ether oxygens (including phenoxy) is 1. The van der Waals surface area contributed by atoms with Crippen LogP contribution in [0.5, 0.6) is 5.75 Å². The van der Waals surface area contributed by atoms with E-state index in [1.807, 2.05) is 67.6 Å². The molecule has 0 saturated heterocycles. The van der Waals surface area contributed by atoms with E-state index in [2.05, 4.69) is 5.32 Å². The number of nitrogens with zero attached hydrogens (tertiary/aromatic N) is 2. The summed E-state index contributed by atoms with van der Waals surface area (Å²) >= 11 is 0. The van der Waals surface area contributed by atoms with Gasteiger partial charge in [0.15, 0.2) is 0 Å². The van der Waals surface area contributed by atoms with Gasteiger partial charge in [-0.2, -0.15) is 0 Å². The molecular formula is C31H39N3O5S. The number of benzene rings is 3. The van der Waals surface area contributed by atoms with Gasteiger partial charge >= 0.3 is 0 Å². The Morgan fingerprint density at radius 2 is 1.57 bits per heavy atom. The lowest BCUT2D eigenvalue weighted by Crippen LogP contribution is -2.50. The van der Waals surface area contributed by atoms with Crippen LogP contribution in [0.1, 0.15) is 37.3 Å². The van der Waals surface area contributed by atoms with Crippen LogP contribution in [0.3, 0.4) is 0 Å². The monoisotopic (exact) mass is 565 g/mol. The molecule has 0 aliphatic carbocycles. The molecule has 1 atom stereocenters. The lowest BCUT2D eigenvalue weighted by atomic mass is 10.0. The van der Waals surface area contributed by atoms with Crippen LogP contribution in [0.2, 0.25) is 0 Å². The third kappa shape index (κ3) is 9.12. The van der Waals surface area contributed by atoms with E-state index < -0.39 is 16.1 Å². The molecular weight excluding hydrogens is 526 g/mol. The number of nitrogens with one attached hydrogen (secondary N) is 1. The van der Waals surface area contributed by atoms with E-state index in [-0.39, 0.29) is 31.3 Å². The van der Waals surface area contributed by atoms with Gasteiger partial charge in [-0.1, -0.05) is 67.6 Å². The van der Waals surface area contributed by atoms with Crippen molar-refractivity contribution in [1.29, 1.82) is 0 Å². The topological polar surface area (TPSA) is 96.0 Å². The molecule has 1 N–H and O–H groups in total. The summed E-state index contributed by atoms with van der Waals surface area (Å²) in [5, 5.41) is 2.97. The molecule has 0 fully saturated rings. The van der Waals surface area contributed by atoms with Crippen LogP contribution >= 0.6 is 0 Å². The molecule has 3 aromatic carbocycles. The van der Waals surface area contributed by atoms with E-state index in [1.165, 1.54) is 4.31 Å². The Morgan fingerprint density at radius 1 is 0.925 bits per heavy atom. The van der Waals surface area contributed by atoms with E-state index in [0.29, 0.717) is 30.8 Å². The fourth-order valence-electron chi connectivity index (χ4n) is 4.49. The Balaban J connectivity index is 1.88. The van der Waals surface area contributed by atoms with Gasteiger partial charge in [-0.15, -0.1) is 0 Å². The third-order valence-electron chi connectivity index (χ3n) is 6.50. The standard InChI is InChI=1S/C31H39N3O5S/c1-4-20-32-31(36)29(23-25-13-7-5-8-14-25)33(24-26-15-11-18-28(22-26)39-2)30(35)19-12-21-34(40(3,37)38)27-16-9-6-10-17-27/h5-11,13-18,22,29H,4,12,19-21,23-24H2,1-3H3,(H,32,36)/t29-/m0/s1. The summed E-state index contributed by atoms with van der Waals surface area (Å²) < 4.78 is 31.7. The predicted octanol–water partition coefficient (Wildman–Crippen LogP) is 4.41. The van der Waals surface area contributed by atoms with Gasteiger partial charge in [0.05, 0.1) is 19.1 Å². The molecule has 0 aliphatic rings. The van der Waals surface area contributed by atoms with Crippen LogP contribution in [0, 0.1) is 0 Å². The van der Waals surface area contributed by atoms with Crippen LogP contribution in [0.4, 0.5) is 5.69 Å². The van der Waals surface area contributed by atoms with Gasteiger partial charge in [0.2, 0.25) is 21.8 Å². The molecule has 2 amide bonds. The van der Waals surface area contributed by atoms with Gasteiger partial charge in [-0.25, -0.2) is 8.42 Å². The van der Waals surface area contributed by atoms with Crippen LogP contribution < -0.4 is 14.4 Å². The first-order valence-corrected chi connectivity index (χ1v) is 15.3. The fourth-order valence-corrected chi connectivity index (χ4v) is 5.45. The molecule has 40 heavy (non-hydrogen) atoms. The number of hydrogen-bond donors (Lipinski definition) is 1. The smallest absolute Gasteiger partial charge is 0.243 e. The Kier molecular flexibility index (Phi) is 11.6. The van der Waals surface area contributed by atoms with Gasteiger partial charge in [-0.05, 0) is 48.2 Å². The second kappa shape index (κ2) is 15.1. The Morgan fingerprint density at radius 3 is 2.20 bits per heavy atom. The van der Waals surface area contributed by atoms with E-state index >= 15 is 0 Å². The van der Waals surface area contributed by atoms with Crippen molar-refractivity contribution < 1.29 is 22.7 Å². The van der Waals surface area contributed by atoms with E-state index in [9.17, 15) is 18.0 Å². The first-order valence-electron chi connectivity index (χ1n) is 13.5. The average molecular weight is 566 g/mol. The minimum Gasteiger partial charge on any atom is -0.497 e. The highest BCUT2D eigenvalue weighted by Crippen LogP contribution is 2.21. The van der Waals surface area contributed by atoms with Gasteiger partial charge in [0, 0.05) is 32.5 Å². The van der Waals surface area contributed by atoms with Crippen molar-refractivity contribution in [2.75, 3.05) is 30.8 Å². The summed E-state index contributed by atoms with van der Waals surface area (Å²) in [7, 11) is -1.96. The number of para-hydroxylation sites is 1. The van der Waals surface area contributed by atoms with Crippen molar-refractivity contribution >= 4 is 27.5 Å². The van der Waals surface area contributed by atoms with Crippen LogP contribution in [-0.2, 0) is 32.6 Å². The molecule has 0 unspecified atom stereocenters. The summed E-state index contributed by atoms with van der Waals surface area (Å²) in [6.07, 6.45) is 2.66. The Bertz CT molecular complexity index is 1330. The average Bonchev–Trinajstić information content (AvgIpc) is 2.96. The van der Waals surface area contributed by atoms with Gasteiger partial charge < -0.3 is 15.0 Å². The highest BCUT2D eigenvalue weighted by atomic mass is 32.2. The summed E-state index contributed by atoms with van der Waals surface area (Å²) in [6, 6.07) is 25.1. The van der Waals surface area contributed by atoms with Crippen LogP contribution in [0.15, 0.2) is 84.9 Å². The zero-order chi connectivity index (χ0) is 29.0. The van der Waals surface area contributed by atoms with Crippen LogP contribution in [0.25, 0.3) is 0 Å². The van der Waals surface area contributed by atoms with Crippen molar-refractivity contribution in [3.8, 4) is 5.75 Å². The summed E-state index contributed by atoms with van der Waals surface area (Å²) in [6.45, 7) is 2.84. The third-order valence-corrected chi connectivity index (χ3v) is 7.70. The fraction of sp³-hybridized carbons (Fsp3) is 0.355. The number of rotatable bonds is 15. The highest BCUT2D eigenvalue weighted by molar-refractivity contribution is 7.92. The normalized spacial score (nSPS) is 11.9. The molecule has 0 radical (unpaired) electrons. The summed E-state index contributed by atoms with van der Waals surface area (Å²) in [4.78, 5) is 28.9. The zero-order valence-electron chi connectivity index (χ0n) is 23.5. The molecule has 0 spiro atoms. The van der Waals surface area contributed by atoms with Crippen molar-refractivity contribution in [2.45, 2.75) is 45.2 Å². The van der Waals surface area contributed by atoms with Gasteiger partial charge in [0.25, 0.3) is 0 Å². The maximum absolute atomic E-state index is 13.8. The molecule has 214 valence electrons. The second-order valence-corrected chi connectivity index (χ2v) is 11.6. The number of carbonyl (C=O) groups excluding carboxylic acids is 2. The maximum atomic E-state index is 13.8. The molecule has 0 heterocycles. The molecule has 9 heteroatoms. The molecule has 3 rings (SSSR count). The van der Waals surface area contributed by atoms with E-state index in [4.69, 9.17) is 4.74 Å². The van der Waals surface area contributed by atoms with E-state index in [0.717, 1.165) is 23.8 Å². The number of amides is 2. The molecule has 0 aromatic heterocycles. The number of sulfonamides is 1. The molecule has 0 bridgehead atoms. The molecule has 3 aromatic rings. The van der Waals surface area contributed by atoms with Crippen molar-refractivity contribution in [2.24, 2.45) is 0 Å². The first-order chi connectivity index (χ1) is 19.2. The van der Waals surface area contributed by atoms with Crippen molar-refractivity contribution in [1.82, 2.24) is 10.2 Å². The van der Waals surface area contributed by atoms with Gasteiger partial charge in [-0.3, -0.25) is 13.9 Å². The van der Waals surface area contributed by atoms with Crippen molar-refractivity contribution in [3.05, 3.63) is 96.1 Å². The van der Waals surface area contributed by atoms with Crippen molar-refractivity contribution in [3.63, 3.8) is 0 Å². The number of hydrogen-bond acceptors (Lipinski definition) is 5. The number of carbonyl (C=O) groups is 2. The van der Waals surface area contributed by atoms with Crippen LogP contribution in [-0.4, -0.2) is 57.6 Å². The zero-order valence-corrected chi connectivity index (χ0v) is 24.3. The summed E-state index contributed by atoms with van der Waals surface area (Å²) in [5.74, 6) is 0.215. The first kappa shape index (κ1) is 30.7. The van der Waals surface area contributed by atoms with E-state index in [1.54, 1.807) is 36.3 Å². The molecule has 0 saturated carbocycles. The van der Waals surface area contributed by atoms with Gasteiger partial charge in [0.1, 0.15) is 11.8 Å². The quantitative estimate of drug-likeness (QED) is 0.295. The maximum Gasteiger partial charge on any atom is 0.243 e. The largest absolute Gasteiger partial charge is 0.497 e. The molecule has 8 nitrogen and oxygen atoms in total. The summed E-state index contributed by atoms with van der Waals surface area (Å²) in [5.41, 5.74) is 2.32. The molecule has 0 aliphatic heterocycles. The lowest BCUT2D eigenvalue weighted by molar-refractivity contribution is -0.141. The lowest BCUT2D eigenvalue weighted by Gasteiger charge is -2.32. The number of anilines is 1. The SMILES string of the molecule is CCCNC(=O)[C@H](Cc1ccccc1)N(Cc1cccc(OC)c1)C(=O)CCCN(c1ccccc1)S(C)(=O)=O. The Labute approximate surface area is 238 Å². The number of methoxy groups -OCH3 is 1. The minimum absolute atomic E-state index is 0.0785.